The van der Waals surface area contributed by atoms with Crippen molar-refractivity contribution in [2.24, 2.45) is 5.73 Å². The molecule has 6 nitrogen and oxygen atoms in total. The van der Waals surface area contributed by atoms with Crippen LogP contribution in [0, 0.1) is 23.5 Å². The maximum Gasteiger partial charge on any atom is 0.329 e. The van der Waals surface area contributed by atoms with Gasteiger partial charge in [-0.25, -0.2) is 4.79 Å². The van der Waals surface area contributed by atoms with E-state index in [4.69, 9.17) is 5.73 Å². The van der Waals surface area contributed by atoms with E-state index in [1.165, 1.54) is 6.92 Å². The number of ether oxygens (including phenoxy) is 1. The van der Waals surface area contributed by atoms with Crippen molar-refractivity contribution < 1.29 is 31.9 Å². The van der Waals surface area contributed by atoms with E-state index in [-0.39, 0.29) is 6.61 Å². The first-order valence-corrected chi connectivity index (χ1v) is 5.69. The lowest BCUT2D eigenvalue weighted by atomic mass is 10.2. The summed E-state index contributed by atoms with van der Waals surface area (Å²) in [4.78, 5) is 24.7. The van der Waals surface area contributed by atoms with Crippen molar-refractivity contribution in [3.8, 4) is 0 Å². The van der Waals surface area contributed by atoms with Crippen LogP contribution in [0.4, 0.5) is 23.2 Å². The second-order valence-electron chi connectivity index (χ2n) is 3.82. The molecule has 10 heteroatoms. The van der Waals surface area contributed by atoms with Gasteiger partial charge in [-0.15, -0.1) is 0 Å². The van der Waals surface area contributed by atoms with Gasteiger partial charge in [-0.3, -0.25) is 4.79 Å². The summed E-state index contributed by atoms with van der Waals surface area (Å²) in [5, 5.41) is 1.87. The first-order chi connectivity index (χ1) is 9.77. The Morgan fingerprint density at radius 2 is 1.76 bits per heavy atom. The van der Waals surface area contributed by atoms with E-state index < -0.39 is 53.6 Å². The maximum atomic E-state index is 13.4. The maximum absolute atomic E-state index is 13.4. The Morgan fingerprint density at radius 3 is 2.19 bits per heavy atom. The largest absolute Gasteiger partial charge is 0.464 e. The molecule has 1 unspecified atom stereocenters. The fraction of sp³-hybridized carbons (Fsp3) is 0.364. The number of nitrogens with zero attached hydrogens (tertiary/aromatic N) is 1. The summed E-state index contributed by atoms with van der Waals surface area (Å²) >= 11 is 0. The number of anilines is 1. The minimum absolute atomic E-state index is 0.0835. The predicted octanol–water partition coefficient (Wildman–Crippen LogP) is 0.857. The second kappa shape index (κ2) is 6.86. The van der Waals surface area contributed by atoms with Crippen molar-refractivity contribution >= 4 is 17.6 Å². The minimum atomic E-state index is -1.90. The zero-order chi connectivity index (χ0) is 16.2. The Labute approximate surface area is 116 Å². The molecule has 1 heterocycles. The van der Waals surface area contributed by atoms with Crippen LogP contribution in [0.5, 0.6) is 0 Å². The zero-order valence-corrected chi connectivity index (χ0v) is 10.8. The molecule has 1 aromatic heterocycles. The molecular weight excluding hydrogens is 298 g/mol. The Bertz CT molecular complexity index is 542. The van der Waals surface area contributed by atoms with Gasteiger partial charge in [0.1, 0.15) is 11.7 Å². The Morgan fingerprint density at radius 1 is 1.24 bits per heavy atom. The molecule has 0 aliphatic heterocycles. The van der Waals surface area contributed by atoms with Gasteiger partial charge >= 0.3 is 5.97 Å². The van der Waals surface area contributed by atoms with Crippen molar-refractivity contribution in [2.75, 3.05) is 11.9 Å². The van der Waals surface area contributed by atoms with Gasteiger partial charge in [0.15, 0.2) is 0 Å². The van der Waals surface area contributed by atoms with Gasteiger partial charge in [0.05, 0.1) is 13.0 Å². The molecule has 0 spiro atoms. The zero-order valence-electron chi connectivity index (χ0n) is 10.8. The molecular formula is C11H11F4N3O3. The highest BCUT2D eigenvalue weighted by Crippen LogP contribution is 2.23. The molecule has 3 N–H and O–H groups in total. The molecule has 0 aromatic carbocycles. The molecule has 0 radical (unpaired) electrons. The molecule has 1 atom stereocenters. The van der Waals surface area contributed by atoms with E-state index in [0.717, 1.165) is 0 Å². The Balaban J connectivity index is 3.14. The van der Waals surface area contributed by atoms with Crippen LogP contribution in [0.15, 0.2) is 0 Å². The van der Waals surface area contributed by atoms with E-state index >= 15 is 0 Å². The molecule has 0 saturated heterocycles. The first kappa shape index (κ1) is 16.7. The average molecular weight is 309 g/mol. The monoisotopic (exact) mass is 309 g/mol. The normalized spacial score (nSPS) is 11.9. The summed E-state index contributed by atoms with van der Waals surface area (Å²) in [5.74, 6) is -9.54. The number of primary amides is 1. The topological polar surface area (TPSA) is 94.3 Å². The van der Waals surface area contributed by atoms with Crippen molar-refractivity contribution in [2.45, 2.75) is 19.4 Å². The average Bonchev–Trinajstić information content (AvgIpc) is 2.40. The number of aromatic nitrogens is 1. The van der Waals surface area contributed by atoms with Crippen molar-refractivity contribution in [1.29, 1.82) is 0 Å². The summed E-state index contributed by atoms with van der Waals surface area (Å²) < 4.78 is 57.3. The number of nitrogens with two attached hydrogens (primary N) is 1. The third-order valence-corrected chi connectivity index (χ3v) is 2.29. The predicted molar refractivity (Wildman–Crippen MR) is 61.9 cm³/mol. The van der Waals surface area contributed by atoms with Crippen LogP contribution in [0.2, 0.25) is 0 Å². The van der Waals surface area contributed by atoms with Crippen LogP contribution in [0.3, 0.4) is 0 Å². The number of halogens is 4. The van der Waals surface area contributed by atoms with Crippen LogP contribution in [-0.4, -0.2) is 29.5 Å². The van der Waals surface area contributed by atoms with Crippen LogP contribution >= 0.6 is 0 Å². The quantitative estimate of drug-likeness (QED) is 0.462. The summed E-state index contributed by atoms with van der Waals surface area (Å²) in [6.07, 6.45) is -0.691. The van der Waals surface area contributed by atoms with Gasteiger partial charge in [0, 0.05) is 0 Å². The fourth-order valence-electron chi connectivity index (χ4n) is 1.43. The lowest BCUT2D eigenvalue weighted by Crippen LogP contribution is -2.36. The van der Waals surface area contributed by atoms with E-state index in [1.54, 1.807) is 0 Å². The SMILES string of the molecule is CCOC(=O)C(CC(N)=O)Nc1c(F)c(F)nc(F)c1F. The highest BCUT2D eigenvalue weighted by Gasteiger charge is 2.28. The number of carbonyl (C=O) groups excluding carboxylic acids is 2. The number of pyridine rings is 1. The fourth-order valence-corrected chi connectivity index (χ4v) is 1.43. The molecule has 1 aromatic rings. The minimum Gasteiger partial charge on any atom is -0.464 e. The van der Waals surface area contributed by atoms with Gasteiger partial charge in [-0.1, -0.05) is 0 Å². The number of carbonyl (C=O) groups is 2. The molecule has 21 heavy (non-hydrogen) atoms. The first-order valence-electron chi connectivity index (χ1n) is 5.69. The molecule has 0 aliphatic rings. The van der Waals surface area contributed by atoms with Gasteiger partial charge < -0.3 is 15.8 Å². The van der Waals surface area contributed by atoms with Gasteiger partial charge in [-0.2, -0.15) is 22.5 Å². The van der Waals surface area contributed by atoms with E-state index in [0.29, 0.717) is 0 Å². The Kier molecular flexibility index (Phi) is 5.44. The summed E-state index contributed by atoms with van der Waals surface area (Å²) in [7, 11) is 0. The molecule has 1 amide bonds. The number of nitrogens with one attached hydrogen (secondary N) is 1. The van der Waals surface area contributed by atoms with E-state index in [2.05, 4.69) is 9.72 Å². The highest BCUT2D eigenvalue weighted by atomic mass is 19.2. The van der Waals surface area contributed by atoms with Crippen molar-refractivity contribution in [3.63, 3.8) is 0 Å². The smallest absolute Gasteiger partial charge is 0.329 e. The number of amides is 1. The lowest BCUT2D eigenvalue weighted by Gasteiger charge is -2.17. The lowest BCUT2D eigenvalue weighted by molar-refractivity contribution is -0.145. The van der Waals surface area contributed by atoms with Crippen molar-refractivity contribution in [3.05, 3.63) is 23.5 Å². The number of esters is 1. The number of rotatable bonds is 6. The standard InChI is InChI=1S/C11H11F4N3O3/c1-2-21-11(20)4(3-5(16)19)17-8-6(12)9(14)18-10(15)7(8)13/h4H,2-3H2,1H3,(H2,16,19)(H,17,18). The van der Waals surface area contributed by atoms with Crippen molar-refractivity contribution in [1.82, 2.24) is 4.98 Å². The van der Waals surface area contributed by atoms with Crippen LogP contribution in [0.25, 0.3) is 0 Å². The van der Waals surface area contributed by atoms with Gasteiger partial charge in [-0.05, 0) is 6.92 Å². The van der Waals surface area contributed by atoms with Gasteiger partial charge in [0.2, 0.25) is 17.5 Å². The van der Waals surface area contributed by atoms with E-state index in [9.17, 15) is 27.2 Å². The van der Waals surface area contributed by atoms with Crippen LogP contribution in [-0.2, 0) is 14.3 Å². The van der Waals surface area contributed by atoms with E-state index in [1.807, 2.05) is 5.32 Å². The third-order valence-electron chi connectivity index (χ3n) is 2.29. The molecule has 0 saturated carbocycles. The molecule has 0 aliphatic carbocycles. The second-order valence-corrected chi connectivity index (χ2v) is 3.82. The summed E-state index contributed by atoms with van der Waals surface area (Å²) in [6, 6.07) is -1.60. The van der Waals surface area contributed by atoms with Crippen LogP contribution < -0.4 is 11.1 Å². The number of hydrogen-bond donors (Lipinski definition) is 2. The summed E-state index contributed by atoms with van der Waals surface area (Å²) in [5.41, 5.74) is 3.60. The third kappa shape index (κ3) is 4.04. The Hall–Kier alpha value is -2.39. The molecule has 0 fully saturated rings. The summed E-state index contributed by atoms with van der Waals surface area (Å²) in [6.45, 7) is 1.37. The highest BCUT2D eigenvalue weighted by molar-refractivity contribution is 5.86. The number of hydrogen-bond acceptors (Lipinski definition) is 5. The molecule has 1 rings (SSSR count). The molecule has 116 valence electrons. The molecule has 0 bridgehead atoms. The van der Waals surface area contributed by atoms with Crippen LogP contribution in [0.1, 0.15) is 13.3 Å². The van der Waals surface area contributed by atoms with Gasteiger partial charge in [0.25, 0.3) is 11.9 Å².